The Bertz CT molecular complexity index is 356. The van der Waals surface area contributed by atoms with Gasteiger partial charge in [-0.2, -0.15) is 0 Å². The van der Waals surface area contributed by atoms with E-state index in [2.05, 4.69) is 0 Å². The zero-order chi connectivity index (χ0) is 9.42. The zero-order valence-corrected chi connectivity index (χ0v) is 7.49. The minimum absolute atomic E-state index is 0.226. The lowest BCUT2D eigenvalue weighted by Gasteiger charge is -2.00. The first-order valence-electron chi connectivity index (χ1n) is 4.43. The van der Waals surface area contributed by atoms with Crippen molar-refractivity contribution in [3.8, 4) is 0 Å². The maximum atomic E-state index is 10.5. The molecule has 0 N–H and O–H groups in total. The van der Waals surface area contributed by atoms with Crippen molar-refractivity contribution in [3.63, 3.8) is 0 Å². The molecular formula is C10H11NO2. The molecule has 3 nitrogen and oxygen atoms in total. The van der Waals surface area contributed by atoms with E-state index in [1.54, 1.807) is 13.0 Å². The van der Waals surface area contributed by atoms with Crippen molar-refractivity contribution in [2.24, 2.45) is 0 Å². The Morgan fingerprint density at radius 2 is 2.15 bits per heavy atom. The van der Waals surface area contributed by atoms with E-state index in [1.165, 1.54) is 18.4 Å². The van der Waals surface area contributed by atoms with Gasteiger partial charge in [0.1, 0.15) is 0 Å². The summed E-state index contributed by atoms with van der Waals surface area (Å²) in [6, 6.07) is 5.43. The molecule has 1 saturated carbocycles. The van der Waals surface area contributed by atoms with Crippen molar-refractivity contribution in [1.29, 1.82) is 0 Å². The Balaban J connectivity index is 2.36. The number of nitro benzene ring substituents is 1. The van der Waals surface area contributed by atoms with Crippen LogP contribution in [0, 0.1) is 17.0 Å². The molecule has 0 spiro atoms. The molecule has 1 aromatic carbocycles. The van der Waals surface area contributed by atoms with Crippen LogP contribution in [0.25, 0.3) is 0 Å². The minimum Gasteiger partial charge on any atom is -0.258 e. The fourth-order valence-electron chi connectivity index (χ4n) is 1.55. The maximum Gasteiger partial charge on any atom is 0.272 e. The standard InChI is InChI=1S/C10H11NO2/c1-7-6-9(8-2-3-8)4-5-10(7)11(12)13/h4-6,8H,2-3H2,1H3. The smallest absolute Gasteiger partial charge is 0.258 e. The van der Waals surface area contributed by atoms with E-state index in [0.717, 1.165) is 5.56 Å². The van der Waals surface area contributed by atoms with Crippen molar-refractivity contribution in [2.45, 2.75) is 25.7 Å². The minimum atomic E-state index is -0.327. The first-order chi connectivity index (χ1) is 6.18. The molecule has 0 amide bonds. The van der Waals surface area contributed by atoms with Gasteiger partial charge in [0, 0.05) is 11.6 Å². The summed E-state index contributed by atoms with van der Waals surface area (Å²) in [5, 5.41) is 10.5. The van der Waals surface area contributed by atoms with Gasteiger partial charge < -0.3 is 0 Å². The SMILES string of the molecule is Cc1cc(C2CC2)ccc1[N+](=O)[O-]. The zero-order valence-electron chi connectivity index (χ0n) is 7.49. The third-order valence-corrected chi connectivity index (χ3v) is 2.47. The third-order valence-electron chi connectivity index (χ3n) is 2.47. The van der Waals surface area contributed by atoms with Gasteiger partial charge in [0.2, 0.25) is 0 Å². The Morgan fingerprint density at radius 3 is 2.62 bits per heavy atom. The Hall–Kier alpha value is -1.38. The van der Waals surface area contributed by atoms with Crippen molar-refractivity contribution in [1.82, 2.24) is 0 Å². The van der Waals surface area contributed by atoms with Crippen molar-refractivity contribution >= 4 is 5.69 Å². The predicted molar refractivity (Wildman–Crippen MR) is 49.8 cm³/mol. The molecule has 1 aromatic rings. The van der Waals surface area contributed by atoms with Gasteiger partial charge in [-0.1, -0.05) is 6.07 Å². The van der Waals surface area contributed by atoms with E-state index < -0.39 is 0 Å². The molecule has 68 valence electrons. The Kier molecular flexibility index (Phi) is 1.79. The molecule has 0 bridgehead atoms. The molecule has 1 aliphatic carbocycles. The largest absolute Gasteiger partial charge is 0.272 e. The number of nitro groups is 1. The van der Waals surface area contributed by atoms with Gasteiger partial charge in [0.25, 0.3) is 5.69 Å². The summed E-state index contributed by atoms with van der Waals surface area (Å²) in [5.41, 5.74) is 2.25. The van der Waals surface area contributed by atoms with Crippen LogP contribution in [0.5, 0.6) is 0 Å². The summed E-state index contributed by atoms with van der Waals surface area (Å²) in [5.74, 6) is 0.666. The van der Waals surface area contributed by atoms with Gasteiger partial charge in [0.05, 0.1) is 4.92 Å². The highest BCUT2D eigenvalue weighted by Gasteiger charge is 2.24. The van der Waals surface area contributed by atoms with Crippen molar-refractivity contribution < 1.29 is 4.92 Å². The molecule has 0 aliphatic heterocycles. The number of aryl methyl sites for hydroxylation is 1. The molecule has 2 rings (SSSR count). The molecule has 0 unspecified atom stereocenters. The van der Waals surface area contributed by atoms with Gasteiger partial charge in [-0.3, -0.25) is 10.1 Å². The summed E-state index contributed by atoms with van der Waals surface area (Å²) in [6.07, 6.45) is 2.47. The van der Waals surface area contributed by atoms with Crippen LogP contribution in [-0.4, -0.2) is 4.92 Å². The Labute approximate surface area is 76.5 Å². The molecule has 0 atom stereocenters. The van der Waals surface area contributed by atoms with E-state index in [0.29, 0.717) is 5.92 Å². The lowest BCUT2D eigenvalue weighted by molar-refractivity contribution is -0.385. The second-order valence-corrected chi connectivity index (χ2v) is 3.58. The molecule has 3 heteroatoms. The fraction of sp³-hybridized carbons (Fsp3) is 0.400. The summed E-state index contributed by atoms with van der Waals surface area (Å²) in [6.45, 7) is 1.80. The number of benzene rings is 1. The summed E-state index contributed by atoms with van der Waals surface area (Å²) >= 11 is 0. The third kappa shape index (κ3) is 1.54. The number of hydrogen-bond acceptors (Lipinski definition) is 2. The van der Waals surface area contributed by atoms with E-state index >= 15 is 0 Å². The number of hydrogen-bond donors (Lipinski definition) is 0. The van der Waals surface area contributed by atoms with Gasteiger partial charge in [-0.25, -0.2) is 0 Å². The van der Waals surface area contributed by atoms with Crippen LogP contribution < -0.4 is 0 Å². The topological polar surface area (TPSA) is 43.1 Å². The van der Waals surface area contributed by atoms with Crippen LogP contribution in [0.15, 0.2) is 18.2 Å². The van der Waals surface area contributed by atoms with E-state index in [9.17, 15) is 10.1 Å². The monoisotopic (exact) mass is 177 g/mol. The highest BCUT2D eigenvalue weighted by Crippen LogP contribution is 2.41. The number of nitrogens with zero attached hydrogens (tertiary/aromatic N) is 1. The van der Waals surface area contributed by atoms with Gasteiger partial charge in [-0.15, -0.1) is 0 Å². The van der Waals surface area contributed by atoms with Crippen molar-refractivity contribution in [3.05, 3.63) is 39.4 Å². The van der Waals surface area contributed by atoms with Crippen LogP contribution in [0.1, 0.15) is 29.9 Å². The summed E-state index contributed by atoms with van der Waals surface area (Å²) in [4.78, 5) is 10.2. The van der Waals surface area contributed by atoms with Crippen LogP contribution in [-0.2, 0) is 0 Å². The average Bonchev–Trinajstić information content (AvgIpc) is 2.85. The normalized spacial score (nSPS) is 15.8. The van der Waals surface area contributed by atoms with Crippen LogP contribution in [0.3, 0.4) is 0 Å². The maximum absolute atomic E-state index is 10.5. The van der Waals surface area contributed by atoms with E-state index in [-0.39, 0.29) is 10.6 Å². The summed E-state index contributed by atoms with van der Waals surface area (Å²) in [7, 11) is 0. The molecule has 13 heavy (non-hydrogen) atoms. The van der Waals surface area contributed by atoms with Gasteiger partial charge in [-0.05, 0) is 37.3 Å². The van der Waals surface area contributed by atoms with E-state index in [1.807, 2.05) is 12.1 Å². The van der Waals surface area contributed by atoms with E-state index in [4.69, 9.17) is 0 Å². The lowest BCUT2D eigenvalue weighted by atomic mass is 10.1. The first-order valence-corrected chi connectivity index (χ1v) is 4.43. The summed E-state index contributed by atoms with van der Waals surface area (Å²) < 4.78 is 0. The molecular weight excluding hydrogens is 166 g/mol. The van der Waals surface area contributed by atoms with Gasteiger partial charge >= 0.3 is 0 Å². The molecule has 1 aliphatic rings. The molecule has 1 fully saturated rings. The fourth-order valence-corrected chi connectivity index (χ4v) is 1.55. The van der Waals surface area contributed by atoms with Crippen LogP contribution in [0.4, 0.5) is 5.69 Å². The molecule has 0 saturated heterocycles. The quantitative estimate of drug-likeness (QED) is 0.515. The second kappa shape index (κ2) is 2.83. The predicted octanol–water partition coefficient (Wildman–Crippen LogP) is 2.78. The highest BCUT2D eigenvalue weighted by atomic mass is 16.6. The number of rotatable bonds is 2. The highest BCUT2D eigenvalue weighted by molar-refractivity contribution is 5.43. The van der Waals surface area contributed by atoms with Crippen LogP contribution in [0.2, 0.25) is 0 Å². The van der Waals surface area contributed by atoms with Crippen LogP contribution >= 0.6 is 0 Å². The first kappa shape index (κ1) is 8.23. The Morgan fingerprint density at radius 1 is 1.46 bits per heavy atom. The van der Waals surface area contributed by atoms with Crippen molar-refractivity contribution in [2.75, 3.05) is 0 Å². The van der Waals surface area contributed by atoms with Gasteiger partial charge in [0.15, 0.2) is 0 Å². The molecule has 0 radical (unpaired) electrons. The molecule has 0 heterocycles. The molecule has 0 aromatic heterocycles. The average molecular weight is 177 g/mol. The second-order valence-electron chi connectivity index (χ2n) is 3.58. The lowest BCUT2D eigenvalue weighted by Crippen LogP contribution is -1.92.